The molecule has 5 rings (SSSR count). The van der Waals surface area contributed by atoms with E-state index in [0.717, 1.165) is 23.9 Å². The van der Waals surface area contributed by atoms with Crippen LogP contribution in [0.3, 0.4) is 0 Å². The third kappa shape index (κ3) is 3.82. The zero-order valence-electron chi connectivity index (χ0n) is 17.4. The smallest absolute Gasteiger partial charge is 0.272 e. The highest BCUT2D eigenvalue weighted by Gasteiger charge is 2.18. The molecule has 0 fully saturated rings. The molecule has 0 saturated carbocycles. The van der Waals surface area contributed by atoms with Crippen LogP contribution in [0, 0.1) is 0 Å². The molecular formula is C21H21N5O4S2. The van der Waals surface area contributed by atoms with Crippen molar-refractivity contribution in [3.63, 3.8) is 0 Å². The van der Waals surface area contributed by atoms with Crippen molar-refractivity contribution in [2.24, 2.45) is 0 Å². The third-order valence-electron chi connectivity index (χ3n) is 5.18. The molecule has 1 aliphatic heterocycles. The number of thiophene rings is 1. The second kappa shape index (κ2) is 8.83. The van der Waals surface area contributed by atoms with Gasteiger partial charge in [-0.3, -0.25) is 18.6 Å². The van der Waals surface area contributed by atoms with E-state index >= 15 is 0 Å². The Kier molecular flexibility index (Phi) is 5.75. The number of thioether (sulfide) groups is 1. The molecule has 9 nitrogen and oxygen atoms in total. The summed E-state index contributed by atoms with van der Waals surface area (Å²) in [6.07, 6.45) is 1.85. The number of amides is 1. The first-order valence-electron chi connectivity index (χ1n) is 10.3. The van der Waals surface area contributed by atoms with Crippen molar-refractivity contribution in [3.8, 4) is 11.5 Å². The number of aryl methyl sites for hydroxylation is 1. The Hall–Kier alpha value is -3.05. The van der Waals surface area contributed by atoms with E-state index in [1.165, 1.54) is 23.1 Å². The number of benzene rings is 1. The van der Waals surface area contributed by atoms with Gasteiger partial charge in [0.1, 0.15) is 4.70 Å². The maximum atomic E-state index is 12.9. The second-order valence-electron chi connectivity index (χ2n) is 7.32. The van der Waals surface area contributed by atoms with Gasteiger partial charge in [0, 0.05) is 13.1 Å². The van der Waals surface area contributed by atoms with Gasteiger partial charge in [0.25, 0.3) is 5.56 Å². The zero-order valence-corrected chi connectivity index (χ0v) is 19.0. The van der Waals surface area contributed by atoms with Gasteiger partial charge in [0.15, 0.2) is 16.7 Å². The second-order valence-corrected chi connectivity index (χ2v) is 9.17. The molecule has 166 valence electrons. The number of hydrogen-bond acceptors (Lipinski definition) is 8. The molecule has 0 spiro atoms. The fraction of sp³-hybridized carbons (Fsp3) is 0.333. The molecule has 0 bridgehead atoms. The van der Waals surface area contributed by atoms with Gasteiger partial charge in [0.2, 0.25) is 18.5 Å². The summed E-state index contributed by atoms with van der Waals surface area (Å²) in [4.78, 5) is 25.3. The van der Waals surface area contributed by atoms with E-state index in [1.807, 2.05) is 34.0 Å². The van der Waals surface area contributed by atoms with Crippen molar-refractivity contribution in [2.45, 2.75) is 38.0 Å². The average Bonchev–Trinajstić information content (AvgIpc) is 3.54. The summed E-state index contributed by atoms with van der Waals surface area (Å²) in [5, 5.41) is 13.9. The van der Waals surface area contributed by atoms with Crippen LogP contribution >= 0.6 is 23.1 Å². The average molecular weight is 472 g/mol. The predicted molar refractivity (Wildman–Crippen MR) is 123 cm³/mol. The Balaban J connectivity index is 1.31. The lowest BCUT2D eigenvalue weighted by molar-refractivity contribution is -0.118. The normalized spacial score (nSPS) is 12.7. The monoisotopic (exact) mass is 471 g/mol. The predicted octanol–water partition coefficient (Wildman–Crippen LogP) is 3.04. The number of aromatic nitrogens is 4. The van der Waals surface area contributed by atoms with Crippen LogP contribution in [-0.2, 0) is 17.9 Å². The fourth-order valence-corrected chi connectivity index (χ4v) is 5.14. The van der Waals surface area contributed by atoms with Crippen LogP contribution in [0.15, 0.2) is 39.6 Å². The van der Waals surface area contributed by atoms with E-state index in [-0.39, 0.29) is 24.0 Å². The molecule has 4 aromatic rings. The van der Waals surface area contributed by atoms with Gasteiger partial charge in [0.05, 0.1) is 11.3 Å². The summed E-state index contributed by atoms with van der Waals surface area (Å²) in [5.74, 6) is 1.98. The summed E-state index contributed by atoms with van der Waals surface area (Å²) in [7, 11) is 0. The van der Waals surface area contributed by atoms with Crippen molar-refractivity contribution in [2.75, 3.05) is 12.5 Å². The Labute approximate surface area is 191 Å². The molecule has 4 heterocycles. The first-order valence-corrected chi connectivity index (χ1v) is 12.2. The number of unbranched alkanes of at least 4 members (excludes halogenated alkanes) is 1. The first-order chi connectivity index (χ1) is 15.7. The SMILES string of the molecule is CCCCn1c(=O)c2sccc2n2c(SCC(=O)NCc3ccc4c(c3)OCO4)nnc12. The molecule has 0 unspecified atom stereocenters. The van der Waals surface area contributed by atoms with E-state index in [1.54, 1.807) is 4.57 Å². The van der Waals surface area contributed by atoms with E-state index < -0.39 is 0 Å². The van der Waals surface area contributed by atoms with Gasteiger partial charge in [-0.2, -0.15) is 0 Å². The lowest BCUT2D eigenvalue weighted by Gasteiger charge is -2.09. The van der Waals surface area contributed by atoms with Gasteiger partial charge in [-0.05, 0) is 35.6 Å². The fourth-order valence-electron chi connectivity index (χ4n) is 3.54. The van der Waals surface area contributed by atoms with Crippen LogP contribution < -0.4 is 20.3 Å². The van der Waals surface area contributed by atoms with Crippen molar-refractivity contribution in [1.82, 2.24) is 24.5 Å². The molecule has 32 heavy (non-hydrogen) atoms. The summed E-state index contributed by atoms with van der Waals surface area (Å²) in [5.41, 5.74) is 1.66. The molecular weight excluding hydrogens is 450 g/mol. The molecule has 0 saturated heterocycles. The van der Waals surface area contributed by atoms with Gasteiger partial charge in [-0.15, -0.1) is 21.5 Å². The Morgan fingerprint density at radius 2 is 2.12 bits per heavy atom. The number of hydrogen-bond donors (Lipinski definition) is 1. The highest BCUT2D eigenvalue weighted by molar-refractivity contribution is 7.99. The minimum absolute atomic E-state index is 0.0404. The number of rotatable bonds is 8. The van der Waals surface area contributed by atoms with Crippen molar-refractivity contribution < 1.29 is 14.3 Å². The third-order valence-corrected chi connectivity index (χ3v) is 7.00. The van der Waals surface area contributed by atoms with E-state index in [4.69, 9.17) is 9.47 Å². The van der Waals surface area contributed by atoms with E-state index in [9.17, 15) is 9.59 Å². The first kappa shape index (κ1) is 20.8. The van der Waals surface area contributed by atoms with Crippen molar-refractivity contribution >= 4 is 45.0 Å². The number of fused-ring (bicyclic) bond motifs is 4. The molecule has 0 aliphatic carbocycles. The number of nitrogens with zero attached hydrogens (tertiary/aromatic N) is 4. The summed E-state index contributed by atoms with van der Waals surface area (Å²) in [6.45, 7) is 3.28. The molecule has 3 aromatic heterocycles. The van der Waals surface area contributed by atoms with Gasteiger partial charge >= 0.3 is 0 Å². The quantitative estimate of drug-likeness (QED) is 0.394. The topological polar surface area (TPSA) is 99.8 Å². The van der Waals surface area contributed by atoms with Gasteiger partial charge < -0.3 is 14.8 Å². The van der Waals surface area contributed by atoms with Crippen LogP contribution in [-0.4, -0.2) is 37.6 Å². The number of nitrogens with one attached hydrogen (secondary N) is 1. The molecule has 11 heteroatoms. The van der Waals surface area contributed by atoms with Gasteiger partial charge in [-0.25, -0.2) is 0 Å². The molecule has 0 atom stereocenters. The van der Waals surface area contributed by atoms with Crippen LogP contribution in [0.2, 0.25) is 0 Å². The lowest BCUT2D eigenvalue weighted by atomic mass is 10.2. The molecule has 0 radical (unpaired) electrons. The standard InChI is InChI=1S/C21H21N5O4S2/c1-2-3-7-25-19(28)18-14(6-8-31-18)26-20(25)23-24-21(26)32-11-17(27)22-10-13-4-5-15-16(9-13)30-12-29-15/h4-6,8-9H,2-3,7,10-12H2,1H3,(H,22,27). The maximum Gasteiger partial charge on any atom is 0.272 e. The van der Waals surface area contributed by atoms with Crippen LogP contribution in [0.4, 0.5) is 0 Å². The maximum absolute atomic E-state index is 12.9. The highest BCUT2D eigenvalue weighted by atomic mass is 32.2. The van der Waals surface area contributed by atoms with Crippen molar-refractivity contribution in [1.29, 1.82) is 0 Å². The minimum Gasteiger partial charge on any atom is -0.454 e. The highest BCUT2D eigenvalue weighted by Crippen LogP contribution is 2.32. The van der Waals surface area contributed by atoms with Crippen LogP contribution in [0.1, 0.15) is 25.3 Å². The minimum atomic E-state index is -0.120. The number of carbonyl (C=O) groups is 1. The lowest BCUT2D eigenvalue weighted by Crippen LogP contribution is -2.25. The Bertz CT molecular complexity index is 1360. The van der Waals surface area contributed by atoms with E-state index in [2.05, 4.69) is 22.4 Å². The van der Waals surface area contributed by atoms with Gasteiger partial charge in [-0.1, -0.05) is 31.2 Å². The van der Waals surface area contributed by atoms with Crippen molar-refractivity contribution in [3.05, 3.63) is 45.6 Å². The van der Waals surface area contributed by atoms with E-state index in [0.29, 0.717) is 40.2 Å². The Morgan fingerprint density at radius 1 is 1.25 bits per heavy atom. The number of carbonyl (C=O) groups excluding carboxylic acids is 1. The molecule has 1 aromatic carbocycles. The largest absolute Gasteiger partial charge is 0.454 e. The molecule has 1 aliphatic rings. The molecule has 1 N–H and O–H groups in total. The number of ether oxygens (including phenoxy) is 2. The van der Waals surface area contributed by atoms with Crippen LogP contribution in [0.25, 0.3) is 16.0 Å². The summed E-state index contributed by atoms with van der Waals surface area (Å²) < 4.78 is 14.9. The summed E-state index contributed by atoms with van der Waals surface area (Å²) in [6, 6.07) is 7.50. The summed E-state index contributed by atoms with van der Waals surface area (Å²) >= 11 is 2.71. The Morgan fingerprint density at radius 3 is 3.00 bits per heavy atom. The van der Waals surface area contributed by atoms with Crippen LogP contribution in [0.5, 0.6) is 11.5 Å². The molecule has 1 amide bonds. The zero-order chi connectivity index (χ0) is 22.1.